The Hall–Kier alpha value is -2.92. The van der Waals surface area contributed by atoms with E-state index in [4.69, 9.17) is 0 Å². The maximum Gasteiger partial charge on any atom is 0.573 e. The second kappa shape index (κ2) is 9.75. The highest BCUT2D eigenvalue weighted by atomic mass is 32.2. The zero-order valence-corrected chi connectivity index (χ0v) is 19.9. The van der Waals surface area contributed by atoms with Gasteiger partial charge in [-0.1, -0.05) is 17.8 Å². The van der Waals surface area contributed by atoms with E-state index >= 15 is 0 Å². The zero-order valence-electron chi connectivity index (χ0n) is 18.2. The number of benzene rings is 2. The molecule has 2 aromatic carbocycles. The molecule has 2 heterocycles. The van der Waals surface area contributed by atoms with Crippen molar-refractivity contribution in [3.05, 3.63) is 69.6 Å². The number of thioether (sulfide) groups is 2. The number of amides is 1. The van der Waals surface area contributed by atoms with Crippen molar-refractivity contribution in [3.8, 4) is 11.4 Å². The van der Waals surface area contributed by atoms with Gasteiger partial charge in [0.25, 0.3) is 5.56 Å². The second-order valence-corrected chi connectivity index (χ2v) is 9.71. The maximum atomic E-state index is 13.3. The topological polar surface area (TPSA) is 73.2 Å². The molecule has 3 aromatic rings. The number of anilines is 1. The van der Waals surface area contributed by atoms with Crippen molar-refractivity contribution >= 4 is 35.1 Å². The number of carbonyl (C=O) groups excluding carboxylic acids is 1. The number of nitrogens with zero attached hydrogens (tertiary/aromatic N) is 2. The SMILES string of the molecule is Cc1cc(C)cc(-n2c(SCC(=O)Nc3ccc(OC(F)(F)F)cc3)nc3c(c2=O)SCC3)c1. The number of hydrogen-bond donors (Lipinski definition) is 1. The maximum absolute atomic E-state index is 13.3. The van der Waals surface area contributed by atoms with Crippen molar-refractivity contribution in [2.75, 3.05) is 16.8 Å². The molecule has 0 aliphatic carbocycles. The fourth-order valence-corrected chi connectivity index (χ4v) is 5.42. The molecule has 0 saturated carbocycles. The first kappa shape index (κ1) is 24.2. The Balaban J connectivity index is 1.53. The Kier molecular flexibility index (Phi) is 6.94. The van der Waals surface area contributed by atoms with Crippen LogP contribution in [0.5, 0.6) is 5.75 Å². The van der Waals surface area contributed by atoms with Gasteiger partial charge in [-0.25, -0.2) is 4.98 Å². The summed E-state index contributed by atoms with van der Waals surface area (Å²) in [6, 6.07) is 10.7. The molecule has 0 spiro atoms. The van der Waals surface area contributed by atoms with Gasteiger partial charge in [0.05, 0.1) is 22.0 Å². The highest BCUT2D eigenvalue weighted by Crippen LogP contribution is 2.30. The van der Waals surface area contributed by atoms with E-state index in [9.17, 15) is 22.8 Å². The largest absolute Gasteiger partial charge is 0.573 e. The van der Waals surface area contributed by atoms with E-state index in [-0.39, 0.29) is 23.0 Å². The third-order valence-electron chi connectivity index (χ3n) is 4.84. The Bertz CT molecular complexity index is 1270. The fraction of sp³-hybridized carbons (Fsp3) is 0.261. The number of alkyl halides is 3. The summed E-state index contributed by atoms with van der Waals surface area (Å²) in [7, 11) is 0. The quantitative estimate of drug-likeness (QED) is 0.369. The Morgan fingerprint density at radius 1 is 1.18 bits per heavy atom. The number of hydrogen-bond acceptors (Lipinski definition) is 6. The van der Waals surface area contributed by atoms with Gasteiger partial charge in [-0.05, 0) is 61.4 Å². The Morgan fingerprint density at radius 3 is 2.50 bits per heavy atom. The van der Waals surface area contributed by atoms with Crippen LogP contribution >= 0.6 is 23.5 Å². The molecule has 0 fully saturated rings. The van der Waals surface area contributed by atoms with E-state index < -0.39 is 6.36 Å². The van der Waals surface area contributed by atoms with Gasteiger partial charge >= 0.3 is 6.36 Å². The van der Waals surface area contributed by atoms with Gasteiger partial charge in [0.1, 0.15) is 5.75 Å². The number of rotatable bonds is 6. The molecule has 11 heteroatoms. The molecule has 0 atom stereocenters. The average Bonchev–Trinajstić information content (AvgIpc) is 3.21. The molecule has 1 aliphatic rings. The van der Waals surface area contributed by atoms with Crippen molar-refractivity contribution in [1.82, 2.24) is 9.55 Å². The normalized spacial score (nSPS) is 13.0. The highest BCUT2D eigenvalue weighted by molar-refractivity contribution is 8.00. The number of ether oxygens (including phenoxy) is 1. The molecule has 34 heavy (non-hydrogen) atoms. The lowest BCUT2D eigenvalue weighted by Crippen LogP contribution is -2.25. The van der Waals surface area contributed by atoms with Gasteiger partial charge in [0, 0.05) is 17.9 Å². The van der Waals surface area contributed by atoms with E-state index in [1.54, 1.807) is 4.57 Å². The molecule has 1 aliphatic heterocycles. The number of carbonyl (C=O) groups is 1. The minimum atomic E-state index is -4.78. The van der Waals surface area contributed by atoms with Crippen molar-refractivity contribution < 1.29 is 22.7 Å². The summed E-state index contributed by atoms with van der Waals surface area (Å²) in [5.74, 6) is -0.0139. The molecular weight excluding hydrogens is 487 g/mol. The van der Waals surface area contributed by atoms with Crippen LogP contribution in [0.25, 0.3) is 5.69 Å². The average molecular weight is 508 g/mol. The van der Waals surface area contributed by atoms with Crippen molar-refractivity contribution in [1.29, 1.82) is 0 Å². The van der Waals surface area contributed by atoms with Crippen LogP contribution in [0.2, 0.25) is 0 Å². The van der Waals surface area contributed by atoms with Gasteiger partial charge in [-0.15, -0.1) is 24.9 Å². The third kappa shape index (κ3) is 5.76. The van der Waals surface area contributed by atoms with Crippen molar-refractivity contribution in [2.45, 2.75) is 36.7 Å². The van der Waals surface area contributed by atoms with Crippen molar-refractivity contribution in [2.24, 2.45) is 0 Å². The van der Waals surface area contributed by atoms with Gasteiger partial charge in [-0.3, -0.25) is 14.2 Å². The molecule has 0 saturated heterocycles. The Labute approximate surface area is 201 Å². The van der Waals surface area contributed by atoms with E-state index in [1.165, 1.54) is 23.9 Å². The van der Waals surface area contributed by atoms with Gasteiger partial charge in [0.2, 0.25) is 5.91 Å². The number of nitrogens with one attached hydrogen (secondary N) is 1. The minimum Gasteiger partial charge on any atom is -0.406 e. The molecule has 1 N–H and O–H groups in total. The highest BCUT2D eigenvalue weighted by Gasteiger charge is 2.31. The van der Waals surface area contributed by atoms with Crippen LogP contribution in [0.15, 0.2) is 57.3 Å². The van der Waals surface area contributed by atoms with Crippen molar-refractivity contribution in [3.63, 3.8) is 0 Å². The molecule has 0 radical (unpaired) electrons. The Morgan fingerprint density at radius 2 is 1.85 bits per heavy atom. The van der Waals surface area contributed by atoms with Crippen LogP contribution in [-0.4, -0.2) is 33.3 Å². The van der Waals surface area contributed by atoms with Crippen LogP contribution < -0.4 is 15.6 Å². The van der Waals surface area contributed by atoms with Gasteiger partial charge in [-0.2, -0.15) is 0 Å². The molecule has 0 unspecified atom stereocenters. The summed E-state index contributed by atoms with van der Waals surface area (Å²) in [5.41, 5.74) is 3.60. The first-order valence-electron chi connectivity index (χ1n) is 10.2. The summed E-state index contributed by atoms with van der Waals surface area (Å²) >= 11 is 2.62. The summed E-state index contributed by atoms with van der Waals surface area (Å²) in [6.45, 7) is 3.89. The third-order valence-corrected chi connectivity index (χ3v) is 6.88. The number of aromatic nitrogens is 2. The standard InChI is InChI=1S/C23H20F3N3O3S2/c1-13-9-14(2)11-16(10-13)29-21(31)20-18(7-8-33-20)28-22(29)34-12-19(30)27-15-3-5-17(6-4-15)32-23(24,25)26/h3-6,9-11H,7-8,12H2,1-2H3,(H,27,30). The van der Waals surface area contributed by atoms with E-state index in [2.05, 4.69) is 15.0 Å². The first-order valence-corrected chi connectivity index (χ1v) is 12.2. The number of halogens is 3. The lowest BCUT2D eigenvalue weighted by atomic mass is 10.1. The molecule has 178 valence electrons. The first-order chi connectivity index (χ1) is 16.1. The van der Waals surface area contributed by atoms with Gasteiger partial charge < -0.3 is 10.1 Å². The number of aryl methyl sites for hydroxylation is 3. The predicted octanol–water partition coefficient (Wildman–Crippen LogP) is 5.13. The summed E-state index contributed by atoms with van der Waals surface area (Å²) in [6.07, 6.45) is -4.09. The van der Waals surface area contributed by atoms with Crippen LogP contribution in [0.4, 0.5) is 18.9 Å². The molecule has 0 bridgehead atoms. The smallest absolute Gasteiger partial charge is 0.406 e. The summed E-state index contributed by atoms with van der Waals surface area (Å²) < 4.78 is 42.3. The molecule has 6 nitrogen and oxygen atoms in total. The van der Waals surface area contributed by atoms with E-state index in [0.717, 1.165) is 46.5 Å². The van der Waals surface area contributed by atoms with Crippen LogP contribution in [0.3, 0.4) is 0 Å². The monoisotopic (exact) mass is 507 g/mol. The van der Waals surface area contributed by atoms with Crippen LogP contribution in [0, 0.1) is 13.8 Å². The van der Waals surface area contributed by atoms with Crippen LogP contribution in [-0.2, 0) is 11.2 Å². The predicted molar refractivity (Wildman–Crippen MR) is 126 cm³/mol. The summed E-state index contributed by atoms with van der Waals surface area (Å²) in [5, 5.41) is 3.05. The molecule has 1 amide bonds. The lowest BCUT2D eigenvalue weighted by molar-refractivity contribution is -0.274. The number of fused-ring (bicyclic) bond motifs is 1. The lowest BCUT2D eigenvalue weighted by Gasteiger charge is -2.15. The van der Waals surface area contributed by atoms with E-state index in [1.807, 2.05) is 32.0 Å². The zero-order chi connectivity index (χ0) is 24.5. The van der Waals surface area contributed by atoms with E-state index in [0.29, 0.717) is 27.8 Å². The van der Waals surface area contributed by atoms with Gasteiger partial charge in [0.15, 0.2) is 5.16 Å². The second-order valence-electron chi connectivity index (χ2n) is 7.66. The molecular formula is C23H20F3N3O3S2. The molecule has 1 aromatic heterocycles. The molecule has 4 rings (SSSR count). The fourth-order valence-electron chi connectivity index (χ4n) is 3.56. The minimum absolute atomic E-state index is 0.0377. The van der Waals surface area contributed by atoms with Crippen LogP contribution in [0.1, 0.15) is 16.8 Å². The summed E-state index contributed by atoms with van der Waals surface area (Å²) in [4.78, 5) is 31.1.